The summed E-state index contributed by atoms with van der Waals surface area (Å²) in [4.78, 5) is 29.3. The van der Waals surface area contributed by atoms with Gasteiger partial charge in [-0.2, -0.15) is 0 Å². The van der Waals surface area contributed by atoms with Crippen molar-refractivity contribution >= 4 is 11.8 Å². The van der Waals surface area contributed by atoms with E-state index in [0.717, 1.165) is 38.0 Å². The molecule has 0 aromatic heterocycles. The zero-order valence-corrected chi connectivity index (χ0v) is 17.5. The van der Waals surface area contributed by atoms with Crippen LogP contribution in [-0.4, -0.2) is 48.3 Å². The van der Waals surface area contributed by atoms with Crippen molar-refractivity contribution in [1.29, 1.82) is 0 Å². The maximum atomic E-state index is 12.6. The Balaban J connectivity index is 1.90. The number of carbonyl (C=O) groups excluding carboxylic acids is 2. The fourth-order valence-electron chi connectivity index (χ4n) is 3.44. The minimum atomic E-state index is -0.398. The van der Waals surface area contributed by atoms with Gasteiger partial charge in [0.1, 0.15) is 0 Å². The van der Waals surface area contributed by atoms with Gasteiger partial charge in [-0.25, -0.2) is 0 Å². The summed E-state index contributed by atoms with van der Waals surface area (Å²) in [6.07, 6.45) is 1.74. The Kier molecular flexibility index (Phi) is 7.42. The van der Waals surface area contributed by atoms with Crippen LogP contribution >= 0.6 is 0 Å². The highest BCUT2D eigenvalue weighted by atomic mass is 16.2. The van der Waals surface area contributed by atoms with Gasteiger partial charge < -0.3 is 15.1 Å². The Hall–Kier alpha value is -1.88. The molecule has 0 bridgehead atoms. The third-order valence-electron chi connectivity index (χ3n) is 5.17. The molecular formula is C22H35N3O2. The SMILES string of the molecule is CCN(C)Cc1cccc(CNC(=O)C2CCCN(C(=O)C(C)(C)C)C2)c1. The molecule has 1 aromatic carbocycles. The van der Waals surface area contributed by atoms with Gasteiger partial charge in [-0.05, 0) is 37.6 Å². The number of rotatable bonds is 6. The lowest BCUT2D eigenvalue weighted by Gasteiger charge is -2.35. The van der Waals surface area contributed by atoms with Crippen LogP contribution in [0.1, 0.15) is 51.7 Å². The van der Waals surface area contributed by atoms with Crippen LogP contribution in [0.4, 0.5) is 0 Å². The first-order valence-electron chi connectivity index (χ1n) is 10.0. The second-order valence-corrected chi connectivity index (χ2v) is 8.71. The Labute approximate surface area is 164 Å². The molecule has 1 aliphatic rings. The number of likely N-dealkylation sites (tertiary alicyclic amines) is 1. The molecule has 0 aliphatic carbocycles. The van der Waals surface area contributed by atoms with E-state index < -0.39 is 5.41 Å². The average molecular weight is 374 g/mol. The van der Waals surface area contributed by atoms with Crippen molar-refractivity contribution in [2.75, 3.05) is 26.7 Å². The fraction of sp³-hybridized carbons (Fsp3) is 0.636. The number of benzene rings is 1. The number of piperidine rings is 1. The number of amides is 2. The van der Waals surface area contributed by atoms with Crippen LogP contribution in [0, 0.1) is 11.3 Å². The molecule has 0 spiro atoms. The first kappa shape index (κ1) is 21.4. The fourth-order valence-corrected chi connectivity index (χ4v) is 3.44. The van der Waals surface area contributed by atoms with Gasteiger partial charge >= 0.3 is 0 Å². The molecule has 1 N–H and O–H groups in total. The van der Waals surface area contributed by atoms with E-state index in [1.165, 1.54) is 5.56 Å². The predicted octanol–water partition coefficient (Wildman–Crippen LogP) is 3.04. The maximum Gasteiger partial charge on any atom is 0.227 e. The second kappa shape index (κ2) is 9.36. The van der Waals surface area contributed by atoms with Crippen molar-refractivity contribution in [3.63, 3.8) is 0 Å². The molecule has 2 rings (SSSR count). The molecule has 0 saturated carbocycles. The zero-order chi connectivity index (χ0) is 20.0. The van der Waals surface area contributed by atoms with Gasteiger partial charge in [-0.1, -0.05) is 52.0 Å². The lowest BCUT2D eigenvalue weighted by molar-refractivity contribution is -0.142. The predicted molar refractivity (Wildman–Crippen MR) is 109 cm³/mol. The molecule has 2 amide bonds. The summed E-state index contributed by atoms with van der Waals surface area (Å²) in [6.45, 7) is 11.7. The number of hydrogen-bond acceptors (Lipinski definition) is 3. The third-order valence-corrected chi connectivity index (χ3v) is 5.17. The highest BCUT2D eigenvalue weighted by molar-refractivity contribution is 5.83. The molecule has 1 aromatic rings. The van der Waals surface area contributed by atoms with Crippen LogP contribution in [-0.2, 0) is 22.7 Å². The molecule has 150 valence electrons. The van der Waals surface area contributed by atoms with Crippen molar-refractivity contribution in [2.24, 2.45) is 11.3 Å². The van der Waals surface area contributed by atoms with Crippen molar-refractivity contribution in [1.82, 2.24) is 15.1 Å². The van der Waals surface area contributed by atoms with Gasteiger partial charge in [0.15, 0.2) is 0 Å². The van der Waals surface area contributed by atoms with Crippen LogP contribution in [0.5, 0.6) is 0 Å². The molecule has 1 aliphatic heterocycles. The summed E-state index contributed by atoms with van der Waals surface area (Å²) in [5, 5.41) is 3.07. The van der Waals surface area contributed by atoms with Crippen molar-refractivity contribution < 1.29 is 9.59 Å². The lowest BCUT2D eigenvalue weighted by atomic mass is 9.91. The highest BCUT2D eigenvalue weighted by Crippen LogP contribution is 2.23. The summed E-state index contributed by atoms with van der Waals surface area (Å²) < 4.78 is 0. The summed E-state index contributed by atoms with van der Waals surface area (Å²) in [6, 6.07) is 8.37. The number of carbonyl (C=O) groups is 2. The lowest BCUT2D eigenvalue weighted by Crippen LogP contribution is -2.48. The number of hydrogen-bond donors (Lipinski definition) is 1. The van der Waals surface area contributed by atoms with E-state index >= 15 is 0 Å². The van der Waals surface area contributed by atoms with Crippen molar-refractivity contribution in [3.05, 3.63) is 35.4 Å². The number of nitrogens with zero attached hydrogens (tertiary/aromatic N) is 2. The van der Waals surface area contributed by atoms with E-state index in [2.05, 4.69) is 36.3 Å². The van der Waals surface area contributed by atoms with Crippen LogP contribution in [0.2, 0.25) is 0 Å². The Morgan fingerprint density at radius 1 is 1.26 bits per heavy atom. The van der Waals surface area contributed by atoms with Gasteiger partial charge in [-0.3, -0.25) is 9.59 Å². The molecule has 5 heteroatoms. The largest absolute Gasteiger partial charge is 0.352 e. The Morgan fingerprint density at radius 2 is 1.96 bits per heavy atom. The third kappa shape index (κ3) is 6.35. The van der Waals surface area contributed by atoms with Crippen molar-refractivity contribution in [3.8, 4) is 0 Å². The van der Waals surface area contributed by atoms with Crippen LogP contribution in [0.25, 0.3) is 0 Å². The summed E-state index contributed by atoms with van der Waals surface area (Å²) in [5.41, 5.74) is 1.97. The topological polar surface area (TPSA) is 52.7 Å². The summed E-state index contributed by atoms with van der Waals surface area (Å²) >= 11 is 0. The Bertz CT molecular complexity index is 651. The van der Waals surface area contributed by atoms with Crippen molar-refractivity contribution in [2.45, 2.75) is 53.6 Å². The van der Waals surface area contributed by atoms with Gasteiger partial charge in [0.25, 0.3) is 0 Å². The average Bonchev–Trinajstić information content (AvgIpc) is 2.65. The second-order valence-electron chi connectivity index (χ2n) is 8.71. The van der Waals surface area contributed by atoms with E-state index in [9.17, 15) is 9.59 Å². The normalized spacial score (nSPS) is 17.9. The highest BCUT2D eigenvalue weighted by Gasteiger charge is 2.33. The quantitative estimate of drug-likeness (QED) is 0.834. The molecule has 1 atom stereocenters. The van der Waals surface area contributed by atoms with Gasteiger partial charge in [-0.15, -0.1) is 0 Å². The zero-order valence-electron chi connectivity index (χ0n) is 17.5. The minimum Gasteiger partial charge on any atom is -0.352 e. The molecular weight excluding hydrogens is 338 g/mol. The molecule has 1 heterocycles. The molecule has 1 unspecified atom stereocenters. The molecule has 5 nitrogen and oxygen atoms in total. The van der Waals surface area contributed by atoms with Crippen LogP contribution in [0.15, 0.2) is 24.3 Å². The first-order chi connectivity index (χ1) is 12.7. The van der Waals surface area contributed by atoms with E-state index in [-0.39, 0.29) is 17.7 Å². The van der Waals surface area contributed by atoms with E-state index in [0.29, 0.717) is 13.1 Å². The van der Waals surface area contributed by atoms with Crippen LogP contribution in [0.3, 0.4) is 0 Å². The molecule has 1 fully saturated rings. The molecule has 0 radical (unpaired) electrons. The summed E-state index contributed by atoms with van der Waals surface area (Å²) in [5.74, 6) is 0.0738. The van der Waals surface area contributed by atoms with Gasteiger partial charge in [0.05, 0.1) is 5.92 Å². The smallest absolute Gasteiger partial charge is 0.227 e. The van der Waals surface area contributed by atoms with Gasteiger partial charge in [0, 0.05) is 31.6 Å². The van der Waals surface area contributed by atoms with Crippen LogP contribution < -0.4 is 5.32 Å². The van der Waals surface area contributed by atoms with E-state index in [1.54, 1.807) is 0 Å². The summed E-state index contributed by atoms with van der Waals surface area (Å²) in [7, 11) is 2.10. The molecule has 27 heavy (non-hydrogen) atoms. The maximum absolute atomic E-state index is 12.6. The minimum absolute atomic E-state index is 0.0532. The standard InChI is InChI=1S/C22H35N3O2/c1-6-24(5)15-18-10-7-9-17(13-18)14-23-20(26)19-11-8-12-25(16-19)21(27)22(2,3)4/h7,9-10,13,19H,6,8,11-12,14-16H2,1-5H3,(H,23,26). The Morgan fingerprint density at radius 3 is 2.63 bits per heavy atom. The van der Waals surface area contributed by atoms with E-state index in [4.69, 9.17) is 0 Å². The molecule has 1 saturated heterocycles. The first-order valence-corrected chi connectivity index (χ1v) is 10.0. The van der Waals surface area contributed by atoms with E-state index in [1.807, 2.05) is 37.8 Å². The van der Waals surface area contributed by atoms with Gasteiger partial charge in [0.2, 0.25) is 11.8 Å². The monoisotopic (exact) mass is 373 g/mol. The number of nitrogens with one attached hydrogen (secondary N) is 1.